The lowest BCUT2D eigenvalue weighted by molar-refractivity contribution is -0.125. The highest BCUT2D eigenvalue weighted by atomic mass is 16.2. The number of likely N-dealkylation sites (tertiary alicyclic amines) is 1. The van der Waals surface area contributed by atoms with Crippen LogP contribution in [0.3, 0.4) is 0 Å². The van der Waals surface area contributed by atoms with E-state index in [4.69, 9.17) is 5.84 Å². The first-order valence-corrected chi connectivity index (χ1v) is 5.86. The van der Waals surface area contributed by atoms with Gasteiger partial charge in [0, 0.05) is 24.5 Å². The first kappa shape index (κ1) is 12.5. The first-order valence-electron chi connectivity index (χ1n) is 5.86. The Labute approximate surface area is 92.2 Å². The standard InChI is InChI=1S/C11H23N3O/c1-4-10-6-5-9(3)14(10)7-8(2)11(15)13-12/h8-10H,4-7,12H2,1-3H3,(H,13,15). The lowest BCUT2D eigenvalue weighted by atomic mass is 10.1. The second-order valence-electron chi connectivity index (χ2n) is 4.59. The van der Waals surface area contributed by atoms with Crippen LogP contribution in [0.1, 0.15) is 40.0 Å². The lowest BCUT2D eigenvalue weighted by Crippen LogP contribution is -2.43. The molecule has 3 unspecified atom stereocenters. The van der Waals surface area contributed by atoms with Crippen LogP contribution in [0.25, 0.3) is 0 Å². The molecular formula is C11H23N3O. The van der Waals surface area contributed by atoms with Crippen LogP contribution in [0, 0.1) is 5.92 Å². The van der Waals surface area contributed by atoms with Gasteiger partial charge in [-0.2, -0.15) is 0 Å². The van der Waals surface area contributed by atoms with Crippen molar-refractivity contribution >= 4 is 5.91 Å². The molecule has 1 rings (SSSR count). The summed E-state index contributed by atoms with van der Waals surface area (Å²) in [7, 11) is 0. The molecule has 88 valence electrons. The molecule has 15 heavy (non-hydrogen) atoms. The number of nitrogens with zero attached hydrogens (tertiary/aromatic N) is 1. The van der Waals surface area contributed by atoms with Gasteiger partial charge >= 0.3 is 0 Å². The van der Waals surface area contributed by atoms with Gasteiger partial charge in [0.1, 0.15) is 0 Å². The number of hydrazine groups is 1. The van der Waals surface area contributed by atoms with E-state index in [2.05, 4.69) is 24.2 Å². The fourth-order valence-corrected chi connectivity index (χ4v) is 2.43. The summed E-state index contributed by atoms with van der Waals surface area (Å²) in [6.07, 6.45) is 3.67. The van der Waals surface area contributed by atoms with Crippen molar-refractivity contribution in [3.05, 3.63) is 0 Å². The molecule has 0 radical (unpaired) electrons. The van der Waals surface area contributed by atoms with Gasteiger partial charge in [0.25, 0.3) is 0 Å². The minimum absolute atomic E-state index is 0.0235. The van der Waals surface area contributed by atoms with Crippen LogP contribution in [0.2, 0.25) is 0 Å². The summed E-state index contributed by atoms with van der Waals surface area (Å²) in [6, 6.07) is 1.25. The number of nitrogens with one attached hydrogen (secondary N) is 1. The normalized spacial score (nSPS) is 29.1. The predicted octanol–water partition coefficient (Wildman–Crippen LogP) is 0.875. The third kappa shape index (κ3) is 2.92. The van der Waals surface area contributed by atoms with Crippen LogP contribution < -0.4 is 11.3 Å². The average Bonchev–Trinajstić information content (AvgIpc) is 2.59. The van der Waals surface area contributed by atoms with E-state index in [0.29, 0.717) is 12.1 Å². The number of carbonyl (C=O) groups excluding carboxylic acids is 1. The topological polar surface area (TPSA) is 58.4 Å². The van der Waals surface area contributed by atoms with Crippen LogP contribution in [-0.4, -0.2) is 29.4 Å². The molecule has 1 amide bonds. The van der Waals surface area contributed by atoms with Crippen LogP contribution in [0.5, 0.6) is 0 Å². The van der Waals surface area contributed by atoms with Gasteiger partial charge in [-0.3, -0.25) is 15.1 Å². The van der Waals surface area contributed by atoms with E-state index >= 15 is 0 Å². The van der Waals surface area contributed by atoms with Crippen molar-refractivity contribution in [3.8, 4) is 0 Å². The molecule has 0 bridgehead atoms. The Morgan fingerprint density at radius 1 is 1.60 bits per heavy atom. The number of hydrogen-bond acceptors (Lipinski definition) is 3. The molecular weight excluding hydrogens is 190 g/mol. The third-order valence-corrected chi connectivity index (χ3v) is 3.50. The van der Waals surface area contributed by atoms with E-state index in [-0.39, 0.29) is 11.8 Å². The number of hydrogen-bond donors (Lipinski definition) is 2. The monoisotopic (exact) mass is 213 g/mol. The minimum atomic E-state index is -0.0658. The molecule has 4 nitrogen and oxygen atoms in total. The maximum Gasteiger partial charge on any atom is 0.237 e. The number of amides is 1. The summed E-state index contributed by atoms with van der Waals surface area (Å²) < 4.78 is 0. The van der Waals surface area contributed by atoms with Crippen LogP contribution in [0.4, 0.5) is 0 Å². The number of carbonyl (C=O) groups is 1. The molecule has 0 saturated carbocycles. The highest BCUT2D eigenvalue weighted by molar-refractivity contribution is 5.77. The molecule has 0 aromatic heterocycles. The molecule has 3 atom stereocenters. The van der Waals surface area contributed by atoms with Crippen LogP contribution in [-0.2, 0) is 4.79 Å². The molecule has 1 fully saturated rings. The zero-order chi connectivity index (χ0) is 11.4. The molecule has 3 N–H and O–H groups in total. The Balaban J connectivity index is 2.51. The van der Waals surface area contributed by atoms with E-state index in [9.17, 15) is 4.79 Å². The van der Waals surface area contributed by atoms with Gasteiger partial charge in [-0.15, -0.1) is 0 Å². The minimum Gasteiger partial charge on any atom is -0.297 e. The van der Waals surface area contributed by atoms with Gasteiger partial charge in [0.05, 0.1) is 0 Å². The van der Waals surface area contributed by atoms with Gasteiger partial charge in [-0.05, 0) is 26.2 Å². The van der Waals surface area contributed by atoms with Gasteiger partial charge in [0.2, 0.25) is 5.91 Å². The van der Waals surface area contributed by atoms with Gasteiger partial charge in [-0.25, -0.2) is 5.84 Å². The Bertz CT molecular complexity index is 220. The molecule has 1 aliphatic rings. The Morgan fingerprint density at radius 2 is 2.27 bits per heavy atom. The molecule has 4 heteroatoms. The van der Waals surface area contributed by atoms with E-state index in [0.717, 1.165) is 6.54 Å². The van der Waals surface area contributed by atoms with E-state index in [1.54, 1.807) is 0 Å². The van der Waals surface area contributed by atoms with E-state index in [1.165, 1.54) is 19.3 Å². The quantitative estimate of drug-likeness (QED) is 0.414. The summed E-state index contributed by atoms with van der Waals surface area (Å²) in [5.41, 5.74) is 2.22. The second-order valence-corrected chi connectivity index (χ2v) is 4.59. The number of rotatable bonds is 4. The van der Waals surface area contributed by atoms with Gasteiger partial charge in [0.15, 0.2) is 0 Å². The summed E-state index contributed by atoms with van der Waals surface area (Å²) >= 11 is 0. The van der Waals surface area contributed by atoms with Gasteiger partial charge in [-0.1, -0.05) is 13.8 Å². The van der Waals surface area contributed by atoms with Crippen molar-refractivity contribution in [1.29, 1.82) is 0 Å². The van der Waals surface area contributed by atoms with Crippen LogP contribution in [0.15, 0.2) is 0 Å². The molecule has 0 aliphatic carbocycles. The van der Waals surface area contributed by atoms with Crippen molar-refractivity contribution in [1.82, 2.24) is 10.3 Å². The fourth-order valence-electron chi connectivity index (χ4n) is 2.43. The molecule has 0 spiro atoms. The van der Waals surface area contributed by atoms with Crippen LogP contribution >= 0.6 is 0 Å². The SMILES string of the molecule is CCC1CCC(C)N1CC(C)C(=O)NN. The fraction of sp³-hybridized carbons (Fsp3) is 0.909. The van der Waals surface area contributed by atoms with Gasteiger partial charge < -0.3 is 0 Å². The average molecular weight is 213 g/mol. The van der Waals surface area contributed by atoms with Crippen molar-refractivity contribution in [3.63, 3.8) is 0 Å². The van der Waals surface area contributed by atoms with E-state index < -0.39 is 0 Å². The molecule has 0 aromatic carbocycles. The largest absolute Gasteiger partial charge is 0.297 e. The van der Waals surface area contributed by atoms with E-state index in [1.807, 2.05) is 6.92 Å². The maximum atomic E-state index is 11.3. The van der Waals surface area contributed by atoms with Crippen molar-refractivity contribution in [2.75, 3.05) is 6.54 Å². The zero-order valence-electron chi connectivity index (χ0n) is 9.99. The second kappa shape index (κ2) is 5.47. The summed E-state index contributed by atoms with van der Waals surface area (Å²) in [5.74, 6) is 5.04. The zero-order valence-corrected chi connectivity index (χ0v) is 9.99. The van der Waals surface area contributed by atoms with Crippen molar-refractivity contribution < 1.29 is 4.79 Å². The molecule has 0 aromatic rings. The maximum absolute atomic E-state index is 11.3. The third-order valence-electron chi connectivity index (χ3n) is 3.50. The Kier molecular flexibility index (Phi) is 4.54. The first-order chi connectivity index (χ1) is 7.10. The highest BCUT2D eigenvalue weighted by Gasteiger charge is 2.31. The Morgan fingerprint density at radius 3 is 2.80 bits per heavy atom. The summed E-state index contributed by atoms with van der Waals surface area (Å²) in [5, 5.41) is 0. The molecule has 1 saturated heterocycles. The summed E-state index contributed by atoms with van der Waals surface area (Å²) in [6.45, 7) is 7.20. The van der Waals surface area contributed by atoms with Crippen molar-refractivity contribution in [2.24, 2.45) is 11.8 Å². The smallest absolute Gasteiger partial charge is 0.237 e. The predicted molar refractivity (Wildman–Crippen MR) is 61.0 cm³/mol. The highest BCUT2D eigenvalue weighted by Crippen LogP contribution is 2.26. The Hall–Kier alpha value is -0.610. The van der Waals surface area contributed by atoms with Crippen molar-refractivity contribution in [2.45, 2.75) is 52.1 Å². The summed E-state index contributed by atoms with van der Waals surface area (Å²) in [4.78, 5) is 13.8. The molecule has 1 aliphatic heterocycles. The number of nitrogens with two attached hydrogens (primary N) is 1. The lowest BCUT2D eigenvalue weighted by Gasteiger charge is -2.29. The molecule has 1 heterocycles.